The molecule has 0 spiro atoms. The monoisotopic (exact) mass is 239 g/mol. The van der Waals surface area contributed by atoms with E-state index >= 15 is 0 Å². The lowest BCUT2D eigenvalue weighted by Crippen LogP contribution is -2.00. The number of hydrogen-bond acceptors (Lipinski definition) is 2. The normalized spacial score (nSPS) is 21.6. The van der Waals surface area contributed by atoms with Gasteiger partial charge in [0.1, 0.15) is 5.75 Å². The lowest BCUT2D eigenvalue weighted by Gasteiger charge is -2.06. The summed E-state index contributed by atoms with van der Waals surface area (Å²) in [5.41, 5.74) is 7.85. The minimum Gasteiger partial charge on any atom is -0.493 e. The summed E-state index contributed by atoms with van der Waals surface area (Å²) < 4.78 is 5.78. The minimum atomic E-state index is 0.657. The molecule has 1 fully saturated rings. The number of nitrogens with two attached hydrogens (primary N) is 1. The highest BCUT2D eigenvalue weighted by molar-refractivity contribution is 5.41. The molecule has 0 aliphatic heterocycles. The molecule has 2 nitrogen and oxygen atoms in total. The van der Waals surface area contributed by atoms with Gasteiger partial charge in [0, 0.05) is 11.6 Å². The van der Waals surface area contributed by atoms with Crippen LogP contribution in [0.5, 0.6) is 5.75 Å². The first-order valence-corrected chi connectivity index (χ1v) is 6.36. The summed E-state index contributed by atoms with van der Waals surface area (Å²) >= 11 is 0. The van der Waals surface area contributed by atoms with Crippen molar-refractivity contribution < 1.29 is 4.74 Å². The second kappa shape index (κ2) is 4.73. The standard InChI is InChI=1S/C16H17NO/c17-14-6-8-15(9-7-14)18-11-13-10-16(13)12-4-2-1-3-5-12/h1-9,13,16H,10-11,17H2. The van der Waals surface area contributed by atoms with Crippen LogP contribution in [0.4, 0.5) is 5.69 Å². The van der Waals surface area contributed by atoms with Gasteiger partial charge in [0.25, 0.3) is 0 Å². The van der Waals surface area contributed by atoms with Gasteiger partial charge in [0.15, 0.2) is 0 Å². The zero-order valence-electron chi connectivity index (χ0n) is 10.3. The summed E-state index contributed by atoms with van der Waals surface area (Å²) in [6.45, 7) is 0.795. The fourth-order valence-corrected chi connectivity index (χ4v) is 2.31. The van der Waals surface area contributed by atoms with E-state index in [2.05, 4.69) is 30.3 Å². The van der Waals surface area contributed by atoms with Crippen LogP contribution in [0.25, 0.3) is 0 Å². The maximum Gasteiger partial charge on any atom is 0.119 e. The second-order valence-electron chi connectivity index (χ2n) is 4.89. The first kappa shape index (κ1) is 11.1. The van der Waals surface area contributed by atoms with Crippen molar-refractivity contribution in [2.45, 2.75) is 12.3 Å². The molecule has 18 heavy (non-hydrogen) atoms. The quantitative estimate of drug-likeness (QED) is 0.829. The summed E-state index contributed by atoms with van der Waals surface area (Å²) in [5, 5.41) is 0. The van der Waals surface area contributed by atoms with E-state index in [-0.39, 0.29) is 0 Å². The summed E-state index contributed by atoms with van der Waals surface area (Å²) in [6.07, 6.45) is 1.24. The van der Waals surface area contributed by atoms with Crippen LogP contribution in [0.3, 0.4) is 0 Å². The van der Waals surface area contributed by atoms with Crippen molar-refractivity contribution in [3.05, 3.63) is 60.2 Å². The average Bonchev–Trinajstić information content (AvgIpc) is 3.19. The molecule has 1 aliphatic rings. The van der Waals surface area contributed by atoms with E-state index in [1.165, 1.54) is 12.0 Å². The van der Waals surface area contributed by atoms with Crippen molar-refractivity contribution in [1.82, 2.24) is 0 Å². The van der Waals surface area contributed by atoms with Gasteiger partial charge in [-0.1, -0.05) is 30.3 Å². The van der Waals surface area contributed by atoms with Crippen LogP contribution in [0, 0.1) is 5.92 Å². The third-order valence-electron chi connectivity index (χ3n) is 3.49. The number of anilines is 1. The summed E-state index contributed by atoms with van der Waals surface area (Å²) in [5.74, 6) is 2.24. The Labute approximate surface area is 107 Å². The van der Waals surface area contributed by atoms with Gasteiger partial charge in [-0.05, 0) is 42.2 Å². The van der Waals surface area contributed by atoms with Crippen LogP contribution >= 0.6 is 0 Å². The van der Waals surface area contributed by atoms with Crippen LogP contribution in [0.1, 0.15) is 17.9 Å². The molecule has 2 unspecified atom stereocenters. The molecule has 92 valence electrons. The van der Waals surface area contributed by atoms with Crippen molar-refractivity contribution >= 4 is 5.69 Å². The molecule has 2 heteroatoms. The molecular weight excluding hydrogens is 222 g/mol. The zero-order chi connectivity index (χ0) is 12.4. The maximum atomic E-state index is 5.78. The Kier molecular flexibility index (Phi) is 2.93. The van der Waals surface area contributed by atoms with Gasteiger partial charge in [-0.3, -0.25) is 0 Å². The zero-order valence-corrected chi connectivity index (χ0v) is 10.3. The Balaban J connectivity index is 1.53. The summed E-state index contributed by atoms with van der Waals surface area (Å²) in [6, 6.07) is 18.3. The molecule has 2 N–H and O–H groups in total. The van der Waals surface area contributed by atoms with E-state index in [9.17, 15) is 0 Å². The van der Waals surface area contributed by atoms with E-state index in [0.717, 1.165) is 18.0 Å². The fraction of sp³-hybridized carbons (Fsp3) is 0.250. The fourth-order valence-electron chi connectivity index (χ4n) is 2.31. The molecule has 3 rings (SSSR count). The summed E-state index contributed by atoms with van der Waals surface area (Å²) in [4.78, 5) is 0. The van der Waals surface area contributed by atoms with Gasteiger partial charge >= 0.3 is 0 Å². The number of ether oxygens (including phenoxy) is 1. The third-order valence-corrected chi connectivity index (χ3v) is 3.49. The van der Waals surface area contributed by atoms with Crippen molar-refractivity contribution in [3.8, 4) is 5.75 Å². The molecule has 2 aromatic carbocycles. The Morgan fingerprint density at radius 1 is 1.00 bits per heavy atom. The molecule has 0 amide bonds. The maximum absolute atomic E-state index is 5.78. The van der Waals surface area contributed by atoms with E-state index in [4.69, 9.17) is 10.5 Å². The molecule has 1 aliphatic carbocycles. The van der Waals surface area contributed by atoms with Gasteiger partial charge in [-0.25, -0.2) is 0 Å². The third kappa shape index (κ3) is 2.48. The van der Waals surface area contributed by atoms with Crippen molar-refractivity contribution in [2.75, 3.05) is 12.3 Å². The molecule has 0 saturated heterocycles. The largest absolute Gasteiger partial charge is 0.493 e. The first-order chi connectivity index (χ1) is 8.83. The Bertz CT molecular complexity index is 506. The molecule has 1 saturated carbocycles. The topological polar surface area (TPSA) is 35.2 Å². The number of rotatable bonds is 4. The molecule has 0 aromatic heterocycles. The smallest absolute Gasteiger partial charge is 0.119 e. The molecule has 0 heterocycles. The van der Waals surface area contributed by atoms with Crippen LogP contribution in [0.2, 0.25) is 0 Å². The molecule has 2 atom stereocenters. The van der Waals surface area contributed by atoms with Gasteiger partial charge in [-0.15, -0.1) is 0 Å². The van der Waals surface area contributed by atoms with Gasteiger partial charge < -0.3 is 10.5 Å². The van der Waals surface area contributed by atoms with Crippen LogP contribution < -0.4 is 10.5 Å². The molecule has 0 radical (unpaired) electrons. The Hall–Kier alpha value is -1.96. The van der Waals surface area contributed by atoms with Gasteiger partial charge in [0.2, 0.25) is 0 Å². The van der Waals surface area contributed by atoms with Crippen molar-refractivity contribution in [2.24, 2.45) is 5.92 Å². The van der Waals surface area contributed by atoms with Crippen LogP contribution in [-0.2, 0) is 0 Å². The molecule has 2 aromatic rings. The molecule has 0 bridgehead atoms. The average molecular weight is 239 g/mol. The highest BCUT2D eigenvalue weighted by atomic mass is 16.5. The van der Waals surface area contributed by atoms with E-state index in [0.29, 0.717) is 11.8 Å². The highest BCUT2D eigenvalue weighted by Gasteiger charge is 2.38. The SMILES string of the molecule is Nc1ccc(OCC2CC2c2ccccc2)cc1. The van der Waals surface area contributed by atoms with Gasteiger partial charge in [-0.2, -0.15) is 0 Å². The lowest BCUT2D eigenvalue weighted by molar-refractivity contribution is 0.297. The van der Waals surface area contributed by atoms with E-state index < -0.39 is 0 Å². The first-order valence-electron chi connectivity index (χ1n) is 6.36. The van der Waals surface area contributed by atoms with E-state index in [1.54, 1.807) is 0 Å². The number of hydrogen-bond donors (Lipinski definition) is 1. The van der Waals surface area contributed by atoms with Crippen molar-refractivity contribution in [3.63, 3.8) is 0 Å². The van der Waals surface area contributed by atoms with E-state index in [1.807, 2.05) is 24.3 Å². The van der Waals surface area contributed by atoms with Crippen molar-refractivity contribution in [1.29, 1.82) is 0 Å². The highest BCUT2D eigenvalue weighted by Crippen LogP contribution is 2.47. The number of benzene rings is 2. The molecular formula is C16H17NO. The summed E-state index contributed by atoms with van der Waals surface area (Å²) in [7, 11) is 0. The van der Waals surface area contributed by atoms with Gasteiger partial charge in [0.05, 0.1) is 6.61 Å². The Morgan fingerprint density at radius 2 is 1.72 bits per heavy atom. The lowest BCUT2D eigenvalue weighted by atomic mass is 10.1. The Morgan fingerprint density at radius 3 is 2.44 bits per heavy atom. The second-order valence-corrected chi connectivity index (χ2v) is 4.89. The minimum absolute atomic E-state index is 0.657. The predicted molar refractivity (Wildman–Crippen MR) is 73.6 cm³/mol. The predicted octanol–water partition coefficient (Wildman–Crippen LogP) is 3.45. The van der Waals surface area contributed by atoms with Crippen LogP contribution in [-0.4, -0.2) is 6.61 Å². The van der Waals surface area contributed by atoms with Crippen LogP contribution in [0.15, 0.2) is 54.6 Å². The number of nitrogen functional groups attached to an aromatic ring is 1.